The van der Waals surface area contributed by atoms with Gasteiger partial charge in [0.05, 0.1) is 11.6 Å². The number of hydrogen-bond acceptors (Lipinski definition) is 3. The quantitative estimate of drug-likeness (QED) is 0.523. The average molecular weight is 284 g/mol. The van der Waals surface area contributed by atoms with E-state index in [4.69, 9.17) is 10.6 Å². The van der Waals surface area contributed by atoms with E-state index in [9.17, 15) is 0 Å². The van der Waals surface area contributed by atoms with E-state index in [-0.39, 0.29) is 11.6 Å². The van der Waals surface area contributed by atoms with Gasteiger partial charge in [-0.25, -0.2) is 0 Å². The topological polar surface area (TPSA) is 47.3 Å². The molecule has 3 N–H and O–H groups in total. The van der Waals surface area contributed by atoms with Gasteiger partial charge in [0.2, 0.25) is 0 Å². The molecule has 3 nitrogen and oxygen atoms in total. The lowest BCUT2D eigenvalue weighted by Crippen LogP contribution is -2.57. The molecule has 20 heavy (non-hydrogen) atoms. The summed E-state index contributed by atoms with van der Waals surface area (Å²) in [6.07, 6.45) is 8.34. The highest BCUT2D eigenvalue weighted by Crippen LogP contribution is 2.44. The smallest absolute Gasteiger partial charge is 0.0848 e. The van der Waals surface area contributed by atoms with Crippen molar-refractivity contribution < 1.29 is 4.74 Å². The first-order valence-electron chi connectivity index (χ1n) is 8.49. The van der Waals surface area contributed by atoms with Gasteiger partial charge in [-0.2, -0.15) is 0 Å². The van der Waals surface area contributed by atoms with Gasteiger partial charge in [-0.1, -0.05) is 40.5 Å². The van der Waals surface area contributed by atoms with E-state index in [1.807, 2.05) is 0 Å². The van der Waals surface area contributed by atoms with Gasteiger partial charge in [-0.15, -0.1) is 0 Å². The highest BCUT2D eigenvalue weighted by molar-refractivity contribution is 4.98. The highest BCUT2D eigenvalue weighted by Gasteiger charge is 2.44. The highest BCUT2D eigenvalue weighted by atomic mass is 16.5. The maximum atomic E-state index is 6.25. The van der Waals surface area contributed by atoms with E-state index in [0.29, 0.717) is 11.3 Å². The van der Waals surface area contributed by atoms with Crippen LogP contribution in [0.3, 0.4) is 0 Å². The fourth-order valence-corrected chi connectivity index (χ4v) is 3.68. The summed E-state index contributed by atoms with van der Waals surface area (Å²) >= 11 is 0. The van der Waals surface area contributed by atoms with Crippen molar-refractivity contribution in [2.75, 3.05) is 6.61 Å². The Labute approximate surface area is 126 Å². The molecule has 2 atom stereocenters. The van der Waals surface area contributed by atoms with Gasteiger partial charge < -0.3 is 4.74 Å². The van der Waals surface area contributed by atoms with E-state index >= 15 is 0 Å². The maximum Gasteiger partial charge on any atom is 0.0848 e. The van der Waals surface area contributed by atoms with Crippen molar-refractivity contribution in [1.29, 1.82) is 0 Å². The molecule has 1 saturated carbocycles. The molecule has 0 spiro atoms. The zero-order valence-corrected chi connectivity index (χ0v) is 14.3. The van der Waals surface area contributed by atoms with Crippen molar-refractivity contribution in [3.63, 3.8) is 0 Å². The van der Waals surface area contributed by atoms with Crippen LogP contribution >= 0.6 is 0 Å². The summed E-state index contributed by atoms with van der Waals surface area (Å²) in [5, 5.41) is 0. The second kappa shape index (κ2) is 7.77. The summed E-state index contributed by atoms with van der Waals surface area (Å²) in [6, 6.07) is 0.278. The molecule has 0 saturated heterocycles. The number of nitrogens with two attached hydrogens (primary N) is 1. The Hall–Kier alpha value is -0.120. The van der Waals surface area contributed by atoms with Crippen LogP contribution in [-0.4, -0.2) is 18.2 Å². The Morgan fingerprint density at radius 1 is 1.15 bits per heavy atom. The Balaban J connectivity index is 2.76. The lowest BCUT2D eigenvalue weighted by Gasteiger charge is -2.48. The largest absolute Gasteiger partial charge is 0.374 e. The summed E-state index contributed by atoms with van der Waals surface area (Å²) in [4.78, 5) is 0. The van der Waals surface area contributed by atoms with Crippen molar-refractivity contribution >= 4 is 0 Å². The van der Waals surface area contributed by atoms with Crippen molar-refractivity contribution in [2.24, 2.45) is 17.2 Å². The minimum absolute atomic E-state index is 0.0545. The Kier molecular flexibility index (Phi) is 6.96. The molecule has 1 rings (SSSR count). The standard InChI is InChI=1S/C17H36N2O/c1-6-8-14(3)13-15(19-18)17(20-7-2)11-9-16(4,5)10-12-17/h14-15,19H,6-13,18H2,1-5H3. The summed E-state index contributed by atoms with van der Waals surface area (Å²) in [7, 11) is 0. The molecule has 1 aliphatic carbocycles. The van der Waals surface area contributed by atoms with Crippen LogP contribution in [0, 0.1) is 11.3 Å². The molecule has 0 bridgehead atoms. The van der Waals surface area contributed by atoms with E-state index in [2.05, 4.69) is 40.0 Å². The zero-order valence-electron chi connectivity index (χ0n) is 14.3. The zero-order chi connectivity index (χ0) is 15.2. The molecule has 1 aliphatic rings. The third kappa shape index (κ3) is 4.71. The van der Waals surface area contributed by atoms with Gasteiger partial charge in [0.15, 0.2) is 0 Å². The number of ether oxygens (including phenoxy) is 1. The Morgan fingerprint density at radius 2 is 1.75 bits per heavy atom. The predicted molar refractivity (Wildman–Crippen MR) is 86.4 cm³/mol. The van der Waals surface area contributed by atoms with E-state index in [1.54, 1.807) is 0 Å². The molecule has 0 aromatic carbocycles. The molecule has 0 aromatic heterocycles. The third-order valence-electron chi connectivity index (χ3n) is 5.14. The monoisotopic (exact) mass is 284 g/mol. The number of nitrogens with one attached hydrogen (secondary N) is 1. The molecular formula is C17H36N2O. The molecule has 0 heterocycles. The molecule has 0 radical (unpaired) electrons. The second-order valence-electron chi connectivity index (χ2n) is 7.51. The van der Waals surface area contributed by atoms with Gasteiger partial charge in [0.25, 0.3) is 0 Å². The first kappa shape index (κ1) is 17.9. The number of hydrazine groups is 1. The molecule has 0 amide bonds. The van der Waals surface area contributed by atoms with Gasteiger partial charge >= 0.3 is 0 Å². The maximum absolute atomic E-state index is 6.25. The minimum atomic E-state index is -0.0545. The summed E-state index contributed by atoms with van der Waals surface area (Å²) in [6.45, 7) is 12.2. The van der Waals surface area contributed by atoms with E-state index < -0.39 is 0 Å². The van der Waals surface area contributed by atoms with Crippen molar-refractivity contribution in [3.8, 4) is 0 Å². The van der Waals surface area contributed by atoms with Gasteiger partial charge in [0, 0.05) is 6.61 Å². The van der Waals surface area contributed by atoms with Crippen molar-refractivity contribution in [3.05, 3.63) is 0 Å². The lowest BCUT2D eigenvalue weighted by molar-refractivity contribution is -0.110. The molecular weight excluding hydrogens is 248 g/mol. The molecule has 120 valence electrons. The molecule has 1 fully saturated rings. The van der Waals surface area contributed by atoms with Crippen LogP contribution in [-0.2, 0) is 4.74 Å². The third-order valence-corrected chi connectivity index (χ3v) is 5.14. The number of rotatable bonds is 8. The summed E-state index contributed by atoms with van der Waals surface area (Å²) in [5.41, 5.74) is 3.49. The van der Waals surface area contributed by atoms with Gasteiger partial charge in [-0.05, 0) is 50.4 Å². The average Bonchev–Trinajstić information content (AvgIpc) is 2.39. The van der Waals surface area contributed by atoms with Crippen LogP contribution in [0.5, 0.6) is 0 Å². The van der Waals surface area contributed by atoms with Crippen LogP contribution in [0.1, 0.15) is 79.6 Å². The van der Waals surface area contributed by atoms with Gasteiger partial charge in [0.1, 0.15) is 0 Å². The van der Waals surface area contributed by atoms with Crippen molar-refractivity contribution in [2.45, 2.75) is 91.2 Å². The van der Waals surface area contributed by atoms with E-state index in [0.717, 1.165) is 25.9 Å². The summed E-state index contributed by atoms with van der Waals surface area (Å²) in [5.74, 6) is 6.60. The predicted octanol–water partition coefficient (Wildman–Crippen LogP) is 4.02. The van der Waals surface area contributed by atoms with Crippen LogP contribution < -0.4 is 11.3 Å². The van der Waals surface area contributed by atoms with E-state index in [1.165, 1.54) is 25.7 Å². The van der Waals surface area contributed by atoms with Crippen molar-refractivity contribution in [1.82, 2.24) is 5.43 Å². The first-order valence-corrected chi connectivity index (χ1v) is 8.49. The Bertz CT molecular complexity index is 268. The SMILES string of the molecule is CCCC(C)CC(NN)C1(OCC)CCC(C)(C)CC1. The van der Waals surface area contributed by atoms with Crippen LogP contribution in [0.2, 0.25) is 0 Å². The second-order valence-corrected chi connectivity index (χ2v) is 7.51. The van der Waals surface area contributed by atoms with Crippen LogP contribution in [0.15, 0.2) is 0 Å². The summed E-state index contributed by atoms with van der Waals surface area (Å²) < 4.78 is 6.25. The van der Waals surface area contributed by atoms with Gasteiger partial charge in [-0.3, -0.25) is 11.3 Å². The molecule has 2 unspecified atom stereocenters. The normalized spacial score (nSPS) is 24.3. The lowest BCUT2D eigenvalue weighted by atomic mass is 9.67. The molecule has 0 aromatic rings. The fourth-order valence-electron chi connectivity index (χ4n) is 3.68. The van der Waals surface area contributed by atoms with Crippen LogP contribution in [0.25, 0.3) is 0 Å². The minimum Gasteiger partial charge on any atom is -0.374 e. The number of hydrogen-bond donors (Lipinski definition) is 2. The first-order chi connectivity index (χ1) is 9.39. The molecule has 3 heteroatoms. The van der Waals surface area contributed by atoms with Crippen LogP contribution in [0.4, 0.5) is 0 Å². The fraction of sp³-hybridized carbons (Fsp3) is 1.00. The Morgan fingerprint density at radius 3 is 2.20 bits per heavy atom. The molecule has 0 aliphatic heterocycles.